The van der Waals surface area contributed by atoms with Crippen molar-refractivity contribution in [3.8, 4) is 6.07 Å². The van der Waals surface area contributed by atoms with Crippen LogP contribution >= 0.6 is 0 Å². The van der Waals surface area contributed by atoms with Crippen LogP contribution in [0.2, 0.25) is 0 Å². The van der Waals surface area contributed by atoms with Crippen LogP contribution < -0.4 is 0 Å². The second kappa shape index (κ2) is 6.84. The first-order valence-electron chi connectivity index (χ1n) is 7.99. The van der Waals surface area contributed by atoms with Gasteiger partial charge in [-0.05, 0) is 49.4 Å². The van der Waals surface area contributed by atoms with E-state index in [1.54, 1.807) is 11.5 Å². The summed E-state index contributed by atoms with van der Waals surface area (Å²) in [5.41, 5.74) is 2.60. The second-order valence-corrected chi connectivity index (χ2v) is 5.70. The van der Waals surface area contributed by atoms with E-state index in [9.17, 15) is 4.79 Å². The highest BCUT2D eigenvalue weighted by Crippen LogP contribution is 2.30. The number of benzene rings is 1. The largest absolute Gasteiger partial charge is 0.461 e. The number of rotatable bonds is 4. The van der Waals surface area contributed by atoms with Gasteiger partial charge in [-0.1, -0.05) is 6.07 Å². The molecular weight excluding hydrogens is 292 g/mol. The number of carbonyl (C=O) groups is 1. The number of nitriles is 1. The van der Waals surface area contributed by atoms with Gasteiger partial charge >= 0.3 is 5.97 Å². The summed E-state index contributed by atoms with van der Waals surface area (Å²) in [6.07, 6.45) is 2.05. The third kappa shape index (κ3) is 3.08. The van der Waals surface area contributed by atoms with Crippen molar-refractivity contribution in [1.82, 2.24) is 4.57 Å². The molecule has 0 N–H and O–H groups in total. The maximum absolute atomic E-state index is 12.1. The van der Waals surface area contributed by atoms with Crippen LogP contribution in [0.1, 0.15) is 41.7 Å². The van der Waals surface area contributed by atoms with Gasteiger partial charge in [0, 0.05) is 24.1 Å². The van der Waals surface area contributed by atoms with Gasteiger partial charge in [0.1, 0.15) is 12.2 Å². The number of fused-ring (bicyclic) bond motifs is 1. The average molecular weight is 312 g/mol. The van der Waals surface area contributed by atoms with Crippen LogP contribution in [0.15, 0.2) is 24.3 Å². The quantitative estimate of drug-likeness (QED) is 0.813. The number of hydrogen-bond acceptors (Lipinski definition) is 4. The van der Waals surface area contributed by atoms with Crippen LogP contribution in [-0.2, 0) is 16.0 Å². The molecule has 0 saturated carbocycles. The Labute approximate surface area is 135 Å². The van der Waals surface area contributed by atoms with E-state index in [1.807, 2.05) is 12.1 Å². The van der Waals surface area contributed by atoms with Crippen LogP contribution in [0.3, 0.4) is 0 Å². The fourth-order valence-corrected chi connectivity index (χ4v) is 3.19. The molecule has 3 rings (SSSR count). The van der Waals surface area contributed by atoms with Crippen LogP contribution in [-0.4, -0.2) is 30.4 Å². The van der Waals surface area contributed by atoms with E-state index in [-0.39, 0.29) is 12.5 Å². The molecule has 0 atom stereocenters. The Kier molecular flexibility index (Phi) is 4.63. The van der Waals surface area contributed by atoms with Crippen molar-refractivity contribution in [3.05, 3.63) is 35.5 Å². The minimum Gasteiger partial charge on any atom is -0.461 e. The molecule has 1 aliphatic heterocycles. The van der Waals surface area contributed by atoms with Crippen molar-refractivity contribution < 1.29 is 14.3 Å². The maximum atomic E-state index is 12.1. The molecule has 23 heavy (non-hydrogen) atoms. The van der Waals surface area contributed by atoms with E-state index < -0.39 is 0 Å². The molecule has 0 radical (unpaired) electrons. The minimum atomic E-state index is -0.383. The van der Waals surface area contributed by atoms with Crippen molar-refractivity contribution in [3.63, 3.8) is 0 Å². The Morgan fingerprint density at radius 3 is 2.87 bits per heavy atom. The Hall–Kier alpha value is -2.32. The summed E-state index contributed by atoms with van der Waals surface area (Å²) in [5, 5.41) is 10.0. The molecule has 5 heteroatoms. The van der Waals surface area contributed by atoms with Gasteiger partial charge < -0.3 is 14.0 Å². The summed E-state index contributed by atoms with van der Waals surface area (Å²) in [5.74, 6) is 0.116. The molecule has 0 spiro atoms. The van der Waals surface area contributed by atoms with Crippen LogP contribution in [0, 0.1) is 11.3 Å². The first-order valence-corrected chi connectivity index (χ1v) is 7.99. The van der Waals surface area contributed by atoms with Gasteiger partial charge in [0.2, 0.25) is 0 Å². The van der Waals surface area contributed by atoms with Crippen molar-refractivity contribution in [2.45, 2.75) is 32.2 Å². The Morgan fingerprint density at radius 2 is 2.17 bits per heavy atom. The fraction of sp³-hybridized carbons (Fsp3) is 0.444. The summed E-state index contributed by atoms with van der Waals surface area (Å²) in [6.45, 7) is 3.82. The molecule has 0 amide bonds. The highest BCUT2D eigenvalue weighted by atomic mass is 16.5. The molecule has 120 valence electrons. The fourth-order valence-electron chi connectivity index (χ4n) is 3.19. The zero-order chi connectivity index (χ0) is 16.2. The van der Waals surface area contributed by atoms with E-state index in [1.165, 1.54) is 5.56 Å². The third-order valence-corrected chi connectivity index (χ3v) is 4.33. The highest BCUT2D eigenvalue weighted by Gasteiger charge is 2.20. The van der Waals surface area contributed by atoms with Crippen molar-refractivity contribution in [2.24, 2.45) is 0 Å². The number of ether oxygens (including phenoxy) is 2. The van der Waals surface area contributed by atoms with E-state index >= 15 is 0 Å². The first-order chi connectivity index (χ1) is 11.2. The molecule has 1 fully saturated rings. The summed E-state index contributed by atoms with van der Waals surface area (Å²) in [4.78, 5) is 12.1. The standard InChI is InChI=1S/C18H20N2O3/c1-2-23-18(21)17-12-15-11-14(13-5-9-22-10-6-13)3-4-16(15)20(17)8-7-19/h3-4,11-13H,2,5-6,8-10H2,1H3. The third-order valence-electron chi connectivity index (χ3n) is 4.33. The molecule has 2 aromatic rings. The lowest BCUT2D eigenvalue weighted by Gasteiger charge is -2.22. The van der Waals surface area contributed by atoms with Gasteiger partial charge in [-0.2, -0.15) is 5.26 Å². The van der Waals surface area contributed by atoms with Crippen LogP contribution in [0.25, 0.3) is 10.9 Å². The monoisotopic (exact) mass is 312 g/mol. The Morgan fingerprint density at radius 1 is 1.39 bits per heavy atom. The SMILES string of the molecule is CCOC(=O)c1cc2cc(C3CCOCC3)ccc2n1CC#N. The number of nitrogens with zero attached hydrogens (tertiary/aromatic N) is 2. The Bertz CT molecular complexity index is 751. The predicted molar refractivity (Wildman–Crippen MR) is 86.3 cm³/mol. The summed E-state index contributed by atoms with van der Waals surface area (Å²) in [6, 6.07) is 10.2. The summed E-state index contributed by atoms with van der Waals surface area (Å²) in [7, 11) is 0. The molecule has 5 nitrogen and oxygen atoms in total. The number of esters is 1. The Balaban J connectivity index is 2.02. The average Bonchev–Trinajstić information content (AvgIpc) is 2.94. The van der Waals surface area contributed by atoms with E-state index in [0.29, 0.717) is 18.2 Å². The first kappa shape index (κ1) is 15.6. The molecule has 2 heterocycles. The van der Waals surface area contributed by atoms with Gasteiger partial charge in [0.25, 0.3) is 0 Å². The lowest BCUT2D eigenvalue weighted by Crippen LogP contribution is -2.14. The normalized spacial score (nSPS) is 15.5. The zero-order valence-electron chi connectivity index (χ0n) is 13.2. The second-order valence-electron chi connectivity index (χ2n) is 5.70. The molecule has 1 aromatic heterocycles. The van der Waals surface area contributed by atoms with E-state index in [4.69, 9.17) is 14.7 Å². The van der Waals surface area contributed by atoms with Gasteiger partial charge in [-0.25, -0.2) is 4.79 Å². The van der Waals surface area contributed by atoms with Gasteiger partial charge in [-0.15, -0.1) is 0 Å². The van der Waals surface area contributed by atoms with Crippen LogP contribution in [0.4, 0.5) is 0 Å². The topological polar surface area (TPSA) is 64.2 Å². The van der Waals surface area contributed by atoms with E-state index in [2.05, 4.69) is 18.2 Å². The molecule has 0 aliphatic carbocycles. The summed E-state index contributed by atoms with van der Waals surface area (Å²) >= 11 is 0. The van der Waals surface area contributed by atoms with Crippen molar-refractivity contribution in [2.75, 3.05) is 19.8 Å². The smallest absolute Gasteiger partial charge is 0.355 e. The number of hydrogen-bond donors (Lipinski definition) is 0. The lowest BCUT2D eigenvalue weighted by molar-refractivity contribution is 0.0515. The molecule has 1 saturated heterocycles. The minimum absolute atomic E-state index is 0.133. The van der Waals surface area contributed by atoms with Gasteiger partial charge in [0.15, 0.2) is 0 Å². The number of carbonyl (C=O) groups excluding carboxylic acids is 1. The summed E-state index contributed by atoms with van der Waals surface area (Å²) < 4.78 is 12.2. The van der Waals surface area contributed by atoms with E-state index in [0.717, 1.165) is 37.0 Å². The maximum Gasteiger partial charge on any atom is 0.355 e. The predicted octanol–water partition coefficient (Wildman–Crippen LogP) is 3.24. The molecule has 0 bridgehead atoms. The molecule has 1 aliphatic rings. The lowest BCUT2D eigenvalue weighted by atomic mass is 9.91. The zero-order valence-corrected chi connectivity index (χ0v) is 13.2. The highest BCUT2D eigenvalue weighted by molar-refractivity contribution is 5.96. The van der Waals surface area contributed by atoms with Crippen molar-refractivity contribution in [1.29, 1.82) is 5.26 Å². The number of aromatic nitrogens is 1. The van der Waals surface area contributed by atoms with Gasteiger partial charge in [-0.3, -0.25) is 0 Å². The van der Waals surface area contributed by atoms with Gasteiger partial charge in [0.05, 0.1) is 12.7 Å². The van der Waals surface area contributed by atoms with Crippen molar-refractivity contribution >= 4 is 16.9 Å². The van der Waals surface area contributed by atoms with Crippen LogP contribution in [0.5, 0.6) is 0 Å². The molecule has 0 unspecified atom stereocenters. The molecular formula is C18H20N2O3. The molecule has 1 aromatic carbocycles.